The molecule has 2 rings (SSSR count). The minimum Gasteiger partial charge on any atom is -0.369 e. The van der Waals surface area contributed by atoms with E-state index in [1.54, 1.807) is 12.1 Å². The van der Waals surface area contributed by atoms with E-state index in [4.69, 9.17) is 23.2 Å². The van der Waals surface area contributed by atoms with Crippen molar-refractivity contribution in [1.29, 1.82) is 0 Å². The number of rotatable bonds is 4. The molecule has 1 heterocycles. The van der Waals surface area contributed by atoms with E-state index in [1.165, 1.54) is 0 Å². The molecule has 0 atom stereocenters. The van der Waals surface area contributed by atoms with Crippen LogP contribution in [0.1, 0.15) is 32.4 Å². The highest BCUT2D eigenvalue weighted by molar-refractivity contribution is 9.10. The lowest BCUT2D eigenvalue weighted by Crippen LogP contribution is -2.07. The Labute approximate surface area is 143 Å². The summed E-state index contributed by atoms with van der Waals surface area (Å²) in [7, 11) is 0. The van der Waals surface area contributed by atoms with Crippen LogP contribution in [0.4, 0.5) is 5.82 Å². The van der Waals surface area contributed by atoms with E-state index in [0.29, 0.717) is 15.9 Å². The van der Waals surface area contributed by atoms with E-state index in [0.717, 1.165) is 28.1 Å². The molecule has 0 radical (unpaired) electrons. The van der Waals surface area contributed by atoms with Crippen LogP contribution in [-0.2, 0) is 0 Å². The molecule has 0 aliphatic carbocycles. The minimum absolute atomic E-state index is 0.268. The lowest BCUT2D eigenvalue weighted by Gasteiger charge is -2.15. The molecule has 0 aliphatic rings. The number of benzene rings is 1. The van der Waals surface area contributed by atoms with Crippen LogP contribution in [0, 0.1) is 0 Å². The zero-order valence-corrected chi connectivity index (χ0v) is 15.1. The van der Waals surface area contributed by atoms with Gasteiger partial charge in [-0.3, -0.25) is 0 Å². The molecule has 0 unspecified atom stereocenters. The largest absolute Gasteiger partial charge is 0.369 e. The van der Waals surface area contributed by atoms with Crippen LogP contribution in [0.2, 0.25) is 10.0 Å². The van der Waals surface area contributed by atoms with Crippen molar-refractivity contribution in [2.45, 2.75) is 26.7 Å². The third-order valence-corrected chi connectivity index (χ3v) is 4.27. The van der Waals surface area contributed by atoms with Crippen molar-refractivity contribution < 1.29 is 0 Å². The Hall–Kier alpha value is -0.840. The Kier molecular flexibility index (Phi) is 5.47. The fourth-order valence-electron chi connectivity index (χ4n) is 1.92. The molecule has 3 nitrogen and oxygen atoms in total. The van der Waals surface area contributed by atoms with Crippen LogP contribution in [0.5, 0.6) is 0 Å². The van der Waals surface area contributed by atoms with E-state index in [-0.39, 0.29) is 5.92 Å². The molecule has 0 spiro atoms. The van der Waals surface area contributed by atoms with Gasteiger partial charge in [0.1, 0.15) is 5.82 Å². The second-order valence-corrected chi connectivity index (χ2v) is 6.54. The molecule has 0 aliphatic heterocycles. The van der Waals surface area contributed by atoms with Crippen LogP contribution in [0.15, 0.2) is 22.7 Å². The van der Waals surface area contributed by atoms with Crippen molar-refractivity contribution in [3.8, 4) is 11.4 Å². The first-order valence-corrected chi connectivity index (χ1v) is 8.25. The van der Waals surface area contributed by atoms with Crippen LogP contribution in [0.3, 0.4) is 0 Å². The number of nitrogens with one attached hydrogen (secondary N) is 1. The van der Waals surface area contributed by atoms with Gasteiger partial charge in [-0.2, -0.15) is 0 Å². The zero-order valence-electron chi connectivity index (χ0n) is 12.0. The maximum Gasteiger partial charge on any atom is 0.163 e. The Balaban J connectivity index is 2.62. The minimum atomic E-state index is 0.268. The van der Waals surface area contributed by atoms with Crippen molar-refractivity contribution in [2.75, 3.05) is 11.9 Å². The van der Waals surface area contributed by atoms with Gasteiger partial charge >= 0.3 is 0 Å². The molecule has 0 bridgehead atoms. The summed E-state index contributed by atoms with van der Waals surface area (Å²) in [6.07, 6.45) is 0. The van der Waals surface area contributed by atoms with Gasteiger partial charge in [0.2, 0.25) is 0 Å². The van der Waals surface area contributed by atoms with Gasteiger partial charge in [0.15, 0.2) is 5.82 Å². The van der Waals surface area contributed by atoms with Crippen molar-refractivity contribution in [3.05, 3.63) is 38.4 Å². The maximum atomic E-state index is 6.27. The van der Waals surface area contributed by atoms with Crippen LogP contribution >= 0.6 is 39.1 Å². The molecule has 0 saturated carbocycles. The van der Waals surface area contributed by atoms with Crippen molar-refractivity contribution in [3.63, 3.8) is 0 Å². The van der Waals surface area contributed by atoms with Gasteiger partial charge in [-0.1, -0.05) is 37.0 Å². The topological polar surface area (TPSA) is 37.8 Å². The van der Waals surface area contributed by atoms with E-state index in [9.17, 15) is 0 Å². The van der Waals surface area contributed by atoms with Gasteiger partial charge in [-0.05, 0) is 47.0 Å². The summed E-state index contributed by atoms with van der Waals surface area (Å²) >= 11 is 15.8. The number of halogens is 3. The van der Waals surface area contributed by atoms with Gasteiger partial charge in [0.25, 0.3) is 0 Å². The van der Waals surface area contributed by atoms with E-state index < -0.39 is 0 Å². The van der Waals surface area contributed by atoms with Gasteiger partial charge in [-0.25, -0.2) is 9.97 Å². The van der Waals surface area contributed by atoms with Gasteiger partial charge < -0.3 is 5.32 Å². The number of aromatic nitrogens is 2. The first-order chi connectivity index (χ1) is 9.93. The highest BCUT2D eigenvalue weighted by Gasteiger charge is 2.17. The Morgan fingerprint density at radius 3 is 2.52 bits per heavy atom. The Bertz CT molecular complexity index is 660. The molecule has 2 aromatic rings. The summed E-state index contributed by atoms with van der Waals surface area (Å²) in [6, 6.07) is 5.33. The summed E-state index contributed by atoms with van der Waals surface area (Å²) in [5.74, 6) is 1.64. The predicted octanol–water partition coefficient (Wildman–Crippen LogP) is 5.77. The quantitative estimate of drug-likeness (QED) is 0.722. The van der Waals surface area contributed by atoms with Gasteiger partial charge in [-0.15, -0.1) is 0 Å². The molecule has 1 aromatic heterocycles. The average Bonchev–Trinajstić information content (AvgIpc) is 2.41. The zero-order chi connectivity index (χ0) is 15.6. The van der Waals surface area contributed by atoms with Crippen molar-refractivity contribution in [2.24, 2.45) is 0 Å². The molecular formula is C15H16BrCl2N3. The maximum absolute atomic E-state index is 6.27. The number of hydrogen-bond donors (Lipinski definition) is 1. The number of hydrogen-bond acceptors (Lipinski definition) is 3. The monoisotopic (exact) mass is 387 g/mol. The Morgan fingerprint density at radius 1 is 1.24 bits per heavy atom. The second-order valence-electron chi connectivity index (χ2n) is 4.90. The molecule has 0 amide bonds. The molecule has 112 valence electrons. The normalized spacial score (nSPS) is 11.0. The fourth-order valence-corrected chi connectivity index (χ4v) is 3.19. The summed E-state index contributed by atoms with van der Waals surface area (Å²) in [5, 5.41) is 4.38. The Morgan fingerprint density at radius 2 is 1.95 bits per heavy atom. The van der Waals surface area contributed by atoms with Crippen molar-refractivity contribution >= 4 is 44.9 Å². The van der Waals surface area contributed by atoms with E-state index >= 15 is 0 Å². The van der Waals surface area contributed by atoms with E-state index in [1.807, 2.05) is 13.0 Å². The van der Waals surface area contributed by atoms with Gasteiger partial charge in [0, 0.05) is 17.1 Å². The van der Waals surface area contributed by atoms with Crippen LogP contribution < -0.4 is 5.32 Å². The summed E-state index contributed by atoms with van der Waals surface area (Å²) in [6.45, 7) is 6.99. The summed E-state index contributed by atoms with van der Waals surface area (Å²) < 4.78 is 0.896. The first kappa shape index (κ1) is 16.5. The molecule has 21 heavy (non-hydrogen) atoms. The summed E-state index contributed by atoms with van der Waals surface area (Å²) in [5.41, 5.74) is 1.72. The van der Waals surface area contributed by atoms with Crippen LogP contribution in [0.25, 0.3) is 11.4 Å². The number of nitrogens with zero attached hydrogens (tertiary/aromatic N) is 2. The van der Waals surface area contributed by atoms with E-state index in [2.05, 4.69) is 45.1 Å². The molecule has 6 heteroatoms. The SMILES string of the molecule is CCNc1nc(-c2ccc(Cl)cc2Cl)nc(C(C)C)c1Br. The first-order valence-electron chi connectivity index (χ1n) is 6.70. The third-order valence-electron chi connectivity index (χ3n) is 2.94. The lowest BCUT2D eigenvalue weighted by atomic mass is 10.1. The molecule has 1 aromatic carbocycles. The molecular weight excluding hydrogens is 373 g/mol. The number of anilines is 1. The standard InChI is InChI=1S/C15H16BrCl2N3/c1-4-19-15-12(16)13(8(2)3)20-14(21-15)10-6-5-9(17)7-11(10)18/h5-8H,4H2,1-3H3,(H,19,20,21). The molecule has 0 fully saturated rings. The molecule has 1 N–H and O–H groups in total. The van der Waals surface area contributed by atoms with Crippen LogP contribution in [-0.4, -0.2) is 16.5 Å². The molecule has 0 saturated heterocycles. The highest BCUT2D eigenvalue weighted by Crippen LogP contribution is 2.34. The lowest BCUT2D eigenvalue weighted by molar-refractivity contribution is 0.809. The van der Waals surface area contributed by atoms with Gasteiger partial charge in [0.05, 0.1) is 15.2 Å². The average molecular weight is 389 g/mol. The predicted molar refractivity (Wildman–Crippen MR) is 93.4 cm³/mol. The fraction of sp³-hybridized carbons (Fsp3) is 0.333. The summed E-state index contributed by atoms with van der Waals surface area (Å²) in [4.78, 5) is 9.22. The van der Waals surface area contributed by atoms with Crippen molar-refractivity contribution in [1.82, 2.24) is 9.97 Å². The second kappa shape index (κ2) is 6.95. The smallest absolute Gasteiger partial charge is 0.163 e. The third kappa shape index (κ3) is 3.68. The highest BCUT2D eigenvalue weighted by atomic mass is 79.9.